The van der Waals surface area contributed by atoms with E-state index in [1.165, 1.54) is 11.1 Å². The van der Waals surface area contributed by atoms with Crippen molar-refractivity contribution in [1.82, 2.24) is 4.98 Å². The van der Waals surface area contributed by atoms with E-state index in [4.69, 9.17) is 11.6 Å². The van der Waals surface area contributed by atoms with Gasteiger partial charge in [-0.1, -0.05) is 11.6 Å². The largest absolute Gasteiger partial charge is 0.307 e. The first kappa shape index (κ1) is 13.2. The fraction of sp³-hybridized carbons (Fsp3) is 0.400. The van der Waals surface area contributed by atoms with Crippen LogP contribution in [0.15, 0.2) is 12.3 Å². The molecule has 1 atom stereocenters. The van der Waals surface area contributed by atoms with Crippen LogP contribution in [0.2, 0.25) is 5.02 Å². The minimum Gasteiger partial charge on any atom is -0.295 e. The lowest BCUT2D eigenvalue weighted by Crippen LogP contribution is -2.28. The molecule has 1 aliphatic heterocycles. The summed E-state index contributed by atoms with van der Waals surface area (Å²) in [5.74, 6) is -0.144. The van der Waals surface area contributed by atoms with Gasteiger partial charge in [0.1, 0.15) is 11.1 Å². The standard InChI is InChI=1S/C10H10ClFN2O3S/c1-6-2-7(11)4-13-10(6)14-5-8(3-9(14)15)18(12,16)17/h2,4,8H,3,5H2,1H3. The van der Waals surface area contributed by atoms with Crippen molar-refractivity contribution in [2.75, 3.05) is 11.4 Å². The van der Waals surface area contributed by atoms with E-state index in [-0.39, 0.29) is 13.0 Å². The Hall–Kier alpha value is -1.21. The Morgan fingerprint density at radius 2 is 2.22 bits per heavy atom. The molecule has 8 heteroatoms. The van der Waals surface area contributed by atoms with Crippen LogP contribution in [-0.2, 0) is 15.0 Å². The van der Waals surface area contributed by atoms with Gasteiger partial charge in [0.2, 0.25) is 5.91 Å². The maximum absolute atomic E-state index is 12.9. The van der Waals surface area contributed by atoms with E-state index >= 15 is 0 Å². The summed E-state index contributed by atoms with van der Waals surface area (Å²) in [7, 11) is -4.71. The number of carbonyl (C=O) groups is 1. The molecule has 1 aromatic heterocycles. The first-order valence-corrected chi connectivity index (χ1v) is 6.97. The first-order chi connectivity index (χ1) is 8.29. The van der Waals surface area contributed by atoms with E-state index in [1.54, 1.807) is 13.0 Å². The number of halogens is 2. The van der Waals surface area contributed by atoms with Gasteiger partial charge in [-0.15, -0.1) is 3.89 Å². The molecule has 0 saturated carbocycles. The summed E-state index contributed by atoms with van der Waals surface area (Å²) in [6.45, 7) is 1.48. The van der Waals surface area contributed by atoms with Crippen LogP contribution in [0.3, 0.4) is 0 Å². The van der Waals surface area contributed by atoms with Crippen LogP contribution in [0.5, 0.6) is 0 Å². The second kappa shape index (κ2) is 4.47. The smallest absolute Gasteiger partial charge is 0.295 e. The lowest BCUT2D eigenvalue weighted by Gasteiger charge is -2.17. The molecule has 0 spiro atoms. The molecule has 1 saturated heterocycles. The number of hydrogen-bond donors (Lipinski definition) is 0. The Morgan fingerprint density at radius 1 is 1.56 bits per heavy atom. The molecule has 0 aromatic carbocycles. The first-order valence-electron chi connectivity index (χ1n) is 5.15. The Kier molecular flexibility index (Phi) is 3.29. The molecular weight excluding hydrogens is 283 g/mol. The second-order valence-corrected chi connectivity index (χ2v) is 6.15. The number of nitrogens with zero attached hydrogens (tertiary/aromatic N) is 2. The molecule has 0 bridgehead atoms. The minimum atomic E-state index is -4.71. The molecule has 98 valence electrons. The van der Waals surface area contributed by atoms with Gasteiger partial charge in [-0.3, -0.25) is 9.69 Å². The van der Waals surface area contributed by atoms with Crippen LogP contribution in [0.1, 0.15) is 12.0 Å². The Morgan fingerprint density at radius 3 is 2.72 bits per heavy atom. The Balaban J connectivity index is 2.33. The number of aromatic nitrogens is 1. The van der Waals surface area contributed by atoms with E-state index in [0.717, 1.165) is 0 Å². The van der Waals surface area contributed by atoms with Crippen LogP contribution in [-0.4, -0.2) is 31.1 Å². The zero-order valence-corrected chi connectivity index (χ0v) is 11.0. The normalized spacial score (nSPS) is 20.5. The summed E-state index contributed by atoms with van der Waals surface area (Å²) in [6.07, 6.45) is 0.997. The van der Waals surface area contributed by atoms with Gasteiger partial charge in [0.05, 0.1) is 5.02 Å². The van der Waals surface area contributed by atoms with E-state index in [1.807, 2.05) is 0 Å². The topological polar surface area (TPSA) is 67.3 Å². The summed E-state index contributed by atoms with van der Waals surface area (Å²) < 4.78 is 34.5. The molecule has 0 radical (unpaired) electrons. The highest BCUT2D eigenvalue weighted by Crippen LogP contribution is 2.27. The highest BCUT2D eigenvalue weighted by Gasteiger charge is 2.39. The molecule has 0 aliphatic carbocycles. The van der Waals surface area contributed by atoms with E-state index in [2.05, 4.69) is 4.98 Å². The highest BCUT2D eigenvalue weighted by atomic mass is 35.5. The molecule has 1 amide bonds. The van der Waals surface area contributed by atoms with Crippen molar-refractivity contribution >= 4 is 33.5 Å². The zero-order valence-electron chi connectivity index (χ0n) is 9.43. The van der Waals surface area contributed by atoms with Gasteiger partial charge < -0.3 is 0 Å². The molecule has 18 heavy (non-hydrogen) atoms. The second-order valence-electron chi connectivity index (χ2n) is 4.10. The van der Waals surface area contributed by atoms with Gasteiger partial charge in [-0.25, -0.2) is 4.98 Å². The molecule has 2 rings (SSSR count). The number of aryl methyl sites for hydroxylation is 1. The quantitative estimate of drug-likeness (QED) is 0.774. The van der Waals surface area contributed by atoms with Crippen LogP contribution in [0, 0.1) is 6.92 Å². The Bertz CT molecular complexity index is 605. The third-order valence-corrected chi connectivity index (χ3v) is 4.08. The van der Waals surface area contributed by atoms with Crippen LogP contribution >= 0.6 is 11.6 Å². The van der Waals surface area contributed by atoms with Gasteiger partial charge in [-0.2, -0.15) is 8.42 Å². The van der Waals surface area contributed by atoms with Gasteiger partial charge in [0, 0.05) is 19.2 Å². The number of pyridine rings is 1. The number of rotatable bonds is 2. The molecule has 1 unspecified atom stereocenters. The van der Waals surface area contributed by atoms with Crippen molar-refractivity contribution in [2.24, 2.45) is 0 Å². The molecule has 1 aliphatic rings. The van der Waals surface area contributed by atoms with E-state index < -0.39 is 21.4 Å². The van der Waals surface area contributed by atoms with Crippen molar-refractivity contribution in [3.8, 4) is 0 Å². The summed E-state index contributed by atoms with van der Waals surface area (Å²) >= 11 is 5.74. The van der Waals surface area contributed by atoms with Crippen molar-refractivity contribution in [2.45, 2.75) is 18.6 Å². The zero-order chi connectivity index (χ0) is 13.5. The predicted molar refractivity (Wildman–Crippen MR) is 64.8 cm³/mol. The maximum Gasteiger partial charge on any atom is 0.307 e. The fourth-order valence-corrected chi connectivity index (χ4v) is 2.77. The summed E-state index contributed by atoms with van der Waals surface area (Å²) in [5.41, 5.74) is 0.632. The number of carbonyl (C=O) groups excluding carboxylic acids is 1. The lowest BCUT2D eigenvalue weighted by molar-refractivity contribution is -0.117. The molecule has 2 heterocycles. The molecule has 1 fully saturated rings. The third-order valence-electron chi connectivity index (χ3n) is 2.76. The fourth-order valence-electron chi connectivity index (χ4n) is 1.88. The van der Waals surface area contributed by atoms with Gasteiger partial charge in [0.25, 0.3) is 0 Å². The summed E-state index contributed by atoms with van der Waals surface area (Å²) in [6, 6.07) is 1.61. The average molecular weight is 293 g/mol. The van der Waals surface area contributed by atoms with Crippen molar-refractivity contribution in [1.29, 1.82) is 0 Å². The molecule has 0 N–H and O–H groups in total. The number of hydrogen-bond acceptors (Lipinski definition) is 4. The SMILES string of the molecule is Cc1cc(Cl)cnc1N1CC(S(=O)(=O)F)CC1=O. The molecular formula is C10H10ClFN2O3S. The number of amides is 1. The lowest BCUT2D eigenvalue weighted by atomic mass is 10.3. The maximum atomic E-state index is 12.9. The van der Waals surface area contributed by atoms with Gasteiger partial charge in [-0.05, 0) is 18.6 Å². The van der Waals surface area contributed by atoms with Crippen molar-refractivity contribution in [3.63, 3.8) is 0 Å². The van der Waals surface area contributed by atoms with Crippen LogP contribution in [0.25, 0.3) is 0 Å². The third kappa shape index (κ3) is 2.46. The molecule has 1 aromatic rings. The highest BCUT2D eigenvalue weighted by molar-refractivity contribution is 7.87. The van der Waals surface area contributed by atoms with Gasteiger partial charge in [0.15, 0.2) is 0 Å². The van der Waals surface area contributed by atoms with Crippen molar-refractivity contribution < 1.29 is 17.1 Å². The van der Waals surface area contributed by atoms with Crippen molar-refractivity contribution in [3.05, 3.63) is 22.8 Å². The summed E-state index contributed by atoms with van der Waals surface area (Å²) in [5, 5.41) is -0.903. The van der Waals surface area contributed by atoms with E-state index in [9.17, 15) is 17.1 Å². The predicted octanol–water partition coefficient (Wildman–Crippen LogP) is 1.45. The van der Waals surface area contributed by atoms with E-state index in [0.29, 0.717) is 16.4 Å². The minimum absolute atomic E-state index is 0.215. The van der Waals surface area contributed by atoms with Gasteiger partial charge >= 0.3 is 10.2 Å². The summed E-state index contributed by atoms with van der Waals surface area (Å²) in [4.78, 5) is 16.8. The monoisotopic (exact) mass is 292 g/mol. The molecule has 5 nitrogen and oxygen atoms in total. The average Bonchev–Trinajstić information content (AvgIpc) is 2.60. The van der Waals surface area contributed by atoms with Crippen LogP contribution in [0.4, 0.5) is 9.70 Å². The van der Waals surface area contributed by atoms with Crippen LogP contribution < -0.4 is 4.90 Å². The number of anilines is 1. The Labute approximate surface area is 109 Å².